The van der Waals surface area contributed by atoms with Gasteiger partial charge in [-0.3, -0.25) is 9.59 Å². The summed E-state index contributed by atoms with van der Waals surface area (Å²) in [6.45, 7) is 1.76. The Morgan fingerprint density at radius 2 is 1.97 bits per heavy atom. The van der Waals surface area contributed by atoms with Crippen LogP contribution in [0.3, 0.4) is 0 Å². The van der Waals surface area contributed by atoms with Crippen molar-refractivity contribution < 1.29 is 14.3 Å². The van der Waals surface area contributed by atoms with Gasteiger partial charge >= 0.3 is 0 Å². The summed E-state index contributed by atoms with van der Waals surface area (Å²) in [4.78, 5) is 29.1. The first-order valence-electron chi connectivity index (χ1n) is 9.89. The summed E-state index contributed by atoms with van der Waals surface area (Å²) in [5, 5.41) is 6.91. The molecule has 2 heterocycles. The second kappa shape index (κ2) is 9.89. The van der Waals surface area contributed by atoms with Crippen molar-refractivity contribution in [3.8, 4) is 5.75 Å². The molecule has 1 saturated heterocycles. The standard InChI is InChI=1S/C22H29N3O3S/c1-24(2)19(18-6-4-5-7-20(18)28-3)14-23-21(26)16-8-11-25(12-9-16)22(27)17-10-13-29-15-17/h4-7,10,13,15-16,19H,8-9,11-12,14H2,1-3H3,(H,23,26). The summed E-state index contributed by atoms with van der Waals surface area (Å²) in [6, 6.07) is 9.77. The molecule has 0 saturated carbocycles. The molecule has 1 aliphatic rings. The van der Waals surface area contributed by atoms with Crippen molar-refractivity contribution in [1.82, 2.24) is 15.1 Å². The van der Waals surface area contributed by atoms with Gasteiger partial charge in [0.2, 0.25) is 5.91 Å². The number of piperidine rings is 1. The Hall–Kier alpha value is -2.38. The van der Waals surface area contributed by atoms with Crippen LogP contribution in [0.15, 0.2) is 41.1 Å². The number of nitrogens with one attached hydrogen (secondary N) is 1. The van der Waals surface area contributed by atoms with Gasteiger partial charge in [0.15, 0.2) is 0 Å². The lowest BCUT2D eigenvalue weighted by Crippen LogP contribution is -2.44. The number of benzene rings is 1. The summed E-state index contributed by atoms with van der Waals surface area (Å²) < 4.78 is 5.49. The minimum Gasteiger partial charge on any atom is -0.496 e. The van der Waals surface area contributed by atoms with Crippen molar-refractivity contribution in [2.45, 2.75) is 18.9 Å². The molecular formula is C22H29N3O3S. The van der Waals surface area contributed by atoms with E-state index in [1.54, 1.807) is 7.11 Å². The van der Waals surface area contributed by atoms with Gasteiger partial charge in [0.1, 0.15) is 5.75 Å². The van der Waals surface area contributed by atoms with Crippen LogP contribution in [-0.2, 0) is 4.79 Å². The second-order valence-electron chi connectivity index (χ2n) is 7.55. The summed E-state index contributed by atoms with van der Waals surface area (Å²) in [7, 11) is 5.66. The number of likely N-dealkylation sites (N-methyl/N-ethyl adjacent to an activating group) is 1. The number of carbonyl (C=O) groups is 2. The van der Waals surface area contributed by atoms with Gasteiger partial charge in [0.05, 0.1) is 18.7 Å². The number of para-hydroxylation sites is 1. The predicted octanol–water partition coefficient (Wildman–Crippen LogP) is 3.03. The monoisotopic (exact) mass is 415 g/mol. The molecule has 1 atom stereocenters. The molecule has 1 aromatic carbocycles. The van der Waals surface area contributed by atoms with E-state index in [9.17, 15) is 9.59 Å². The van der Waals surface area contributed by atoms with Crippen LogP contribution in [0, 0.1) is 5.92 Å². The number of methoxy groups -OCH3 is 1. The largest absolute Gasteiger partial charge is 0.496 e. The first kappa shape index (κ1) is 21.3. The Morgan fingerprint density at radius 1 is 1.24 bits per heavy atom. The minimum absolute atomic E-state index is 0.0235. The Balaban J connectivity index is 1.54. The molecule has 0 radical (unpaired) electrons. The lowest BCUT2D eigenvalue weighted by molar-refractivity contribution is -0.126. The molecule has 0 spiro atoms. The number of hydrogen-bond acceptors (Lipinski definition) is 5. The van der Waals surface area contributed by atoms with Crippen LogP contribution >= 0.6 is 11.3 Å². The van der Waals surface area contributed by atoms with Crippen LogP contribution in [0.2, 0.25) is 0 Å². The second-order valence-corrected chi connectivity index (χ2v) is 8.33. The maximum atomic E-state index is 12.8. The smallest absolute Gasteiger partial charge is 0.254 e. The zero-order valence-corrected chi connectivity index (χ0v) is 18.1. The molecule has 1 aliphatic heterocycles. The quantitative estimate of drug-likeness (QED) is 0.755. The van der Waals surface area contributed by atoms with Gasteiger partial charge in [-0.15, -0.1) is 0 Å². The molecule has 1 unspecified atom stereocenters. The van der Waals surface area contributed by atoms with Crippen LogP contribution in [0.5, 0.6) is 5.75 Å². The number of carbonyl (C=O) groups excluding carboxylic acids is 2. The predicted molar refractivity (Wildman–Crippen MR) is 115 cm³/mol. The van der Waals surface area contributed by atoms with E-state index in [0.29, 0.717) is 32.5 Å². The third kappa shape index (κ3) is 5.16. The molecule has 6 nitrogen and oxygen atoms in total. The molecule has 2 aromatic rings. The molecule has 0 aliphatic carbocycles. The van der Waals surface area contributed by atoms with Crippen LogP contribution in [-0.4, -0.2) is 62.5 Å². The molecule has 29 heavy (non-hydrogen) atoms. The third-order valence-electron chi connectivity index (χ3n) is 5.51. The molecule has 2 amide bonds. The Bertz CT molecular complexity index is 814. The van der Waals surface area contributed by atoms with Gasteiger partial charge < -0.3 is 19.9 Å². The van der Waals surface area contributed by atoms with Gasteiger partial charge in [0.25, 0.3) is 5.91 Å². The highest BCUT2D eigenvalue weighted by molar-refractivity contribution is 7.08. The highest BCUT2D eigenvalue weighted by Gasteiger charge is 2.28. The van der Waals surface area contributed by atoms with Crippen molar-refractivity contribution in [1.29, 1.82) is 0 Å². The number of likely N-dealkylation sites (tertiary alicyclic amines) is 1. The maximum Gasteiger partial charge on any atom is 0.254 e. The summed E-state index contributed by atoms with van der Waals surface area (Å²) in [5.74, 6) is 0.894. The fraction of sp³-hybridized carbons (Fsp3) is 0.455. The lowest BCUT2D eigenvalue weighted by Gasteiger charge is -2.32. The van der Waals surface area contributed by atoms with Crippen molar-refractivity contribution in [2.24, 2.45) is 5.92 Å². The maximum absolute atomic E-state index is 12.8. The van der Waals surface area contributed by atoms with Gasteiger partial charge in [-0.25, -0.2) is 0 Å². The zero-order chi connectivity index (χ0) is 20.8. The minimum atomic E-state index is -0.0537. The fourth-order valence-corrected chi connectivity index (χ4v) is 4.40. The number of rotatable bonds is 7. The normalized spacial score (nSPS) is 15.9. The van der Waals surface area contributed by atoms with Crippen molar-refractivity contribution in [3.05, 3.63) is 52.2 Å². The van der Waals surface area contributed by atoms with Gasteiger partial charge in [-0.2, -0.15) is 11.3 Å². The molecule has 0 bridgehead atoms. The number of hydrogen-bond donors (Lipinski definition) is 1. The highest BCUT2D eigenvalue weighted by Crippen LogP contribution is 2.28. The topological polar surface area (TPSA) is 61.9 Å². The molecule has 7 heteroatoms. The summed E-state index contributed by atoms with van der Waals surface area (Å²) >= 11 is 1.53. The van der Waals surface area contributed by atoms with Crippen molar-refractivity contribution >= 4 is 23.2 Å². The Morgan fingerprint density at radius 3 is 2.59 bits per heavy atom. The van der Waals surface area contributed by atoms with Gasteiger partial charge in [-0.05, 0) is 44.4 Å². The Labute approximate surface area is 176 Å². The van der Waals surface area contributed by atoms with Crippen LogP contribution in [0.25, 0.3) is 0 Å². The van der Waals surface area contributed by atoms with E-state index in [4.69, 9.17) is 4.74 Å². The first-order chi connectivity index (χ1) is 14.0. The zero-order valence-electron chi connectivity index (χ0n) is 17.3. The summed E-state index contributed by atoms with van der Waals surface area (Å²) in [5.41, 5.74) is 1.79. The molecule has 3 rings (SSSR count). The van der Waals surface area contributed by atoms with Gasteiger partial charge in [-0.1, -0.05) is 18.2 Å². The summed E-state index contributed by atoms with van der Waals surface area (Å²) in [6.07, 6.45) is 1.39. The average molecular weight is 416 g/mol. The lowest BCUT2D eigenvalue weighted by atomic mass is 9.95. The van der Waals surface area contributed by atoms with Crippen molar-refractivity contribution in [3.63, 3.8) is 0 Å². The van der Waals surface area contributed by atoms with Gasteiger partial charge in [0, 0.05) is 36.5 Å². The molecule has 156 valence electrons. The van der Waals surface area contributed by atoms with Crippen LogP contribution < -0.4 is 10.1 Å². The van der Waals surface area contributed by atoms with Crippen LogP contribution in [0.1, 0.15) is 34.8 Å². The van der Waals surface area contributed by atoms with E-state index >= 15 is 0 Å². The van der Waals surface area contributed by atoms with E-state index in [2.05, 4.69) is 10.2 Å². The van der Waals surface area contributed by atoms with Crippen molar-refractivity contribution in [2.75, 3.05) is 40.8 Å². The highest BCUT2D eigenvalue weighted by atomic mass is 32.1. The van der Waals surface area contributed by atoms with E-state index < -0.39 is 0 Å². The van der Waals surface area contributed by atoms with E-state index in [1.165, 1.54) is 11.3 Å². The molecule has 1 N–H and O–H groups in total. The van der Waals surface area contributed by atoms with E-state index in [0.717, 1.165) is 16.9 Å². The molecule has 1 fully saturated rings. The van der Waals surface area contributed by atoms with E-state index in [-0.39, 0.29) is 23.8 Å². The number of ether oxygens (including phenoxy) is 1. The molecule has 1 aromatic heterocycles. The number of thiophene rings is 1. The van der Waals surface area contributed by atoms with Crippen LogP contribution in [0.4, 0.5) is 0 Å². The SMILES string of the molecule is COc1ccccc1C(CNC(=O)C1CCN(C(=O)c2ccsc2)CC1)N(C)C. The number of nitrogens with zero attached hydrogens (tertiary/aromatic N) is 2. The molecular weight excluding hydrogens is 386 g/mol. The third-order valence-corrected chi connectivity index (χ3v) is 6.20. The average Bonchev–Trinajstić information content (AvgIpc) is 3.28. The first-order valence-corrected chi connectivity index (χ1v) is 10.8. The number of amides is 2. The van der Waals surface area contributed by atoms with E-state index in [1.807, 2.05) is 60.1 Å². The Kier molecular flexibility index (Phi) is 7.28. The fourth-order valence-electron chi connectivity index (χ4n) is 3.77.